The van der Waals surface area contributed by atoms with Crippen LogP contribution in [0.1, 0.15) is 19.4 Å². The molecule has 0 bridgehead atoms. The van der Waals surface area contributed by atoms with Gasteiger partial charge in [0.05, 0.1) is 0 Å². The van der Waals surface area contributed by atoms with Crippen molar-refractivity contribution in [3.63, 3.8) is 0 Å². The predicted molar refractivity (Wildman–Crippen MR) is 92.7 cm³/mol. The fourth-order valence-electron chi connectivity index (χ4n) is 1.56. The van der Waals surface area contributed by atoms with E-state index in [0.717, 1.165) is 30.1 Å². The van der Waals surface area contributed by atoms with Gasteiger partial charge >= 0.3 is 0 Å². The van der Waals surface area contributed by atoms with Crippen LogP contribution in [-0.2, 0) is 6.54 Å². The van der Waals surface area contributed by atoms with Crippen LogP contribution in [0.3, 0.4) is 0 Å². The van der Waals surface area contributed by atoms with Crippen molar-refractivity contribution in [3.8, 4) is 0 Å². The normalized spacial score (nSPS) is 10.8. The molecule has 0 saturated heterocycles. The number of benzene rings is 1. The van der Waals surface area contributed by atoms with Crippen LogP contribution in [0.5, 0.6) is 0 Å². The molecule has 0 amide bonds. The Balaban J connectivity index is 0.00000289. The Morgan fingerprint density at radius 3 is 2.39 bits per heavy atom. The molecule has 1 aromatic carbocycles. The van der Waals surface area contributed by atoms with Crippen molar-refractivity contribution in [2.24, 2.45) is 4.99 Å². The molecule has 0 heterocycles. The molecule has 1 rings (SSSR count). The number of nitrogens with one attached hydrogen (secondary N) is 1. The van der Waals surface area contributed by atoms with Crippen LogP contribution in [0.25, 0.3) is 0 Å². The largest absolute Gasteiger partial charge is 0.357 e. The molecule has 0 fully saturated rings. The first-order valence-corrected chi connectivity index (χ1v) is 6.70. The van der Waals surface area contributed by atoms with Gasteiger partial charge in [-0.15, -0.1) is 24.0 Å². The van der Waals surface area contributed by atoms with Gasteiger partial charge in [0, 0.05) is 31.2 Å². The second kappa shape index (κ2) is 9.61. The molecule has 0 aliphatic heterocycles. The zero-order valence-electron chi connectivity index (χ0n) is 11.1. The van der Waals surface area contributed by atoms with Gasteiger partial charge in [-0.25, -0.2) is 0 Å². The Bertz CT molecular complexity index is 365. The Morgan fingerprint density at radius 2 is 1.89 bits per heavy atom. The number of aliphatic imine (C=N–C) groups is 1. The van der Waals surface area contributed by atoms with Crippen molar-refractivity contribution >= 4 is 45.9 Å². The van der Waals surface area contributed by atoms with Gasteiger partial charge in [0.2, 0.25) is 0 Å². The smallest absolute Gasteiger partial charge is 0.193 e. The summed E-state index contributed by atoms with van der Waals surface area (Å²) in [7, 11) is 2.05. The van der Waals surface area contributed by atoms with Gasteiger partial charge in [0.25, 0.3) is 0 Å². The fourth-order valence-corrected chi connectivity index (χ4v) is 1.82. The number of rotatable bonds is 4. The molecule has 0 unspecified atom stereocenters. The molecule has 1 aromatic rings. The van der Waals surface area contributed by atoms with E-state index in [2.05, 4.69) is 69.4 Å². The standard InChI is InChI=1S/C13H20BrN3.HI/c1-4-15-13(16-5-2)17(3)10-11-6-8-12(14)9-7-11;/h6-9H,4-5,10H2,1-3H3,(H,15,16);1H. The Labute approximate surface area is 135 Å². The third-order valence-corrected chi connectivity index (χ3v) is 2.87. The molecule has 0 atom stereocenters. The SMILES string of the molecule is CCN=C(NCC)N(C)Cc1ccc(Br)cc1.I. The molecule has 102 valence electrons. The average Bonchev–Trinajstić information content (AvgIpc) is 2.32. The second-order valence-corrected chi connectivity index (χ2v) is 4.73. The van der Waals surface area contributed by atoms with E-state index in [0.29, 0.717) is 0 Å². The highest BCUT2D eigenvalue weighted by Crippen LogP contribution is 2.11. The summed E-state index contributed by atoms with van der Waals surface area (Å²) < 4.78 is 1.11. The molecular weight excluding hydrogens is 405 g/mol. The first-order chi connectivity index (χ1) is 8.17. The molecule has 0 aromatic heterocycles. The summed E-state index contributed by atoms with van der Waals surface area (Å²) in [6.07, 6.45) is 0. The minimum Gasteiger partial charge on any atom is -0.357 e. The Hall–Kier alpha value is -0.300. The van der Waals surface area contributed by atoms with Crippen LogP contribution >= 0.6 is 39.9 Å². The molecule has 0 saturated carbocycles. The summed E-state index contributed by atoms with van der Waals surface area (Å²) >= 11 is 3.44. The lowest BCUT2D eigenvalue weighted by molar-refractivity contribution is 0.477. The number of hydrogen-bond acceptors (Lipinski definition) is 1. The topological polar surface area (TPSA) is 27.6 Å². The van der Waals surface area contributed by atoms with E-state index in [9.17, 15) is 0 Å². The molecule has 1 N–H and O–H groups in total. The van der Waals surface area contributed by atoms with Crippen molar-refractivity contribution in [1.29, 1.82) is 0 Å². The van der Waals surface area contributed by atoms with E-state index in [-0.39, 0.29) is 24.0 Å². The maximum Gasteiger partial charge on any atom is 0.193 e. The Morgan fingerprint density at radius 1 is 1.28 bits per heavy atom. The fraction of sp³-hybridized carbons (Fsp3) is 0.462. The highest BCUT2D eigenvalue weighted by atomic mass is 127. The van der Waals surface area contributed by atoms with Crippen molar-refractivity contribution < 1.29 is 0 Å². The van der Waals surface area contributed by atoms with Crippen molar-refractivity contribution in [3.05, 3.63) is 34.3 Å². The minimum absolute atomic E-state index is 0. The van der Waals surface area contributed by atoms with Crippen LogP contribution in [0.4, 0.5) is 0 Å². The molecule has 0 radical (unpaired) electrons. The highest BCUT2D eigenvalue weighted by molar-refractivity contribution is 14.0. The van der Waals surface area contributed by atoms with E-state index in [1.165, 1.54) is 5.56 Å². The number of guanidine groups is 1. The number of hydrogen-bond donors (Lipinski definition) is 1. The number of halogens is 2. The molecule has 0 aliphatic rings. The molecule has 0 spiro atoms. The molecule has 5 heteroatoms. The van der Waals surface area contributed by atoms with E-state index < -0.39 is 0 Å². The highest BCUT2D eigenvalue weighted by Gasteiger charge is 2.05. The van der Waals surface area contributed by atoms with Gasteiger partial charge in [0.1, 0.15) is 0 Å². The summed E-state index contributed by atoms with van der Waals surface area (Å²) in [6, 6.07) is 8.37. The van der Waals surface area contributed by atoms with E-state index in [4.69, 9.17) is 0 Å². The molecule has 3 nitrogen and oxygen atoms in total. The van der Waals surface area contributed by atoms with Gasteiger partial charge in [-0.1, -0.05) is 28.1 Å². The summed E-state index contributed by atoms with van der Waals surface area (Å²) in [5.74, 6) is 0.956. The minimum atomic E-state index is 0. The van der Waals surface area contributed by atoms with Crippen LogP contribution in [-0.4, -0.2) is 31.0 Å². The first kappa shape index (κ1) is 17.7. The zero-order valence-corrected chi connectivity index (χ0v) is 15.0. The monoisotopic (exact) mass is 425 g/mol. The lowest BCUT2D eigenvalue weighted by atomic mass is 10.2. The van der Waals surface area contributed by atoms with Crippen LogP contribution in [0.15, 0.2) is 33.7 Å². The van der Waals surface area contributed by atoms with Crippen LogP contribution in [0.2, 0.25) is 0 Å². The quantitative estimate of drug-likeness (QED) is 0.454. The van der Waals surface area contributed by atoms with Crippen molar-refractivity contribution in [2.45, 2.75) is 20.4 Å². The maximum absolute atomic E-state index is 4.45. The van der Waals surface area contributed by atoms with Gasteiger partial charge in [0.15, 0.2) is 5.96 Å². The summed E-state index contributed by atoms with van der Waals surface area (Å²) in [4.78, 5) is 6.58. The zero-order chi connectivity index (χ0) is 12.7. The van der Waals surface area contributed by atoms with E-state index in [1.807, 2.05) is 6.92 Å². The summed E-state index contributed by atoms with van der Waals surface area (Å²) in [5.41, 5.74) is 1.28. The maximum atomic E-state index is 4.45. The van der Waals surface area contributed by atoms with Gasteiger partial charge in [-0.2, -0.15) is 0 Å². The van der Waals surface area contributed by atoms with Crippen LogP contribution < -0.4 is 5.32 Å². The van der Waals surface area contributed by atoms with Crippen molar-refractivity contribution in [2.75, 3.05) is 20.1 Å². The molecule has 18 heavy (non-hydrogen) atoms. The van der Waals surface area contributed by atoms with Gasteiger partial charge in [-0.3, -0.25) is 4.99 Å². The van der Waals surface area contributed by atoms with Gasteiger partial charge < -0.3 is 10.2 Å². The molecular formula is C13H21BrIN3. The van der Waals surface area contributed by atoms with Crippen LogP contribution in [0, 0.1) is 0 Å². The third kappa shape index (κ3) is 6.04. The predicted octanol–water partition coefficient (Wildman–Crippen LogP) is 3.48. The summed E-state index contributed by atoms with van der Waals surface area (Å²) in [5, 5.41) is 3.28. The summed E-state index contributed by atoms with van der Waals surface area (Å²) in [6.45, 7) is 6.68. The lowest BCUT2D eigenvalue weighted by Gasteiger charge is -2.22. The lowest BCUT2D eigenvalue weighted by Crippen LogP contribution is -2.38. The van der Waals surface area contributed by atoms with Gasteiger partial charge in [-0.05, 0) is 31.5 Å². The number of nitrogens with zero attached hydrogens (tertiary/aromatic N) is 2. The average molecular weight is 426 g/mol. The van der Waals surface area contributed by atoms with E-state index >= 15 is 0 Å². The van der Waals surface area contributed by atoms with E-state index in [1.54, 1.807) is 0 Å². The first-order valence-electron chi connectivity index (χ1n) is 5.91. The molecule has 0 aliphatic carbocycles. The third-order valence-electron chi connectivity index (χ3n) is 2.34. The Kier molecular flexibility index (Phi) is 9.45. The van der Waals surface area contributed by atoms with Crippen molar-refractivity contribution in [1.82, 2.24) is 10.2 Å². The second-order valence-electron chi connectivity index (χ2n) is 3.81.